The van der Waals surface area contributed by atoms with Crippen LogP contribution in [-0.2, 0) is 19.0 Å². The number of methoxy groups -OCH3 is 1. The highest BCUT2D eigenvalue weighted by Crippen LogP contribution is 2.13. The molecule has 0 saturated carbocycles. The van der Waals surface area contributed by atoms with E-state index in [-0.39, 0.29) is 12.1 Å². The van der Waals surface area contributed by atoms with Crippen molar-refractivity contribution in [2.24, 2.45) is 0 Å². The molecule has 1 aliphatic rings. The molecule has 1 fully saturated rings. The van der Waals surface area contributed by atoms with Crippen LogP contribution < -0.4 is 0 Å². The van der Waals surface area contributed by atoms with Crippen LogP contribution in [0.4, 0.5) is 0 Å². The molecule has 1 unspecified atom stereocenters. The highest BCUT2D eigenvalue weighted by Gasteiger charge is 2.15. The number of carbonyl (C=O) groups is 2. The van der Waals surface area contributed by atoms with Crippen molar-refractivity contribution < 1.29 is 23.8 Å². The first-order valence-electron chi connectivity index (χ1n) is 7.34. The predicted octanol–water partition coefficient (Wildman–Crippen LogP) is 2.60. The molecule has 2 rings (SSSR count). The van der Waals surface area contributed by atoms with Gasteiger partial charge in [0.1, 0.15) is 6.61 Å². The molecular weight excluding hydrogens is 284 g/mol. The third-order valence-corrected chi connectivity index (χ3v) is 3.43. The van der Waals surface area contributed by atoms with E-state index in [0.717, 1.165) is 31.4 Å². The third kappa shape index (κ3) is 5.00. The Balaban J connectivity index is 1.80. The molecule has 5 heteroatoms. The Morgan fingerprint density at radius 1 is 1.27 bits per heavy atom. The summed E-state index contributed by atoms with van der Waals surface area (Å²) in [6, 6.07) is 6.76. The summed E-state index contributed by atoms with van der Waals surface area (Å²) in [6.07, 6.45) is 6.16. The molecule has 118 valence electrons. The molecule has 1 atom stereocenters. The van der Waals surface area contributed by atoms with Gasteiger partial charge in [0.2, 0.25) is 0 Å². The van der Waals surface area contributed by atoms with Gasteiger partial charge in [-0.05, 0) is 43.0 Å². The first-order chi connectivity index (χ1) is 10.7. The largest absolute Gasteiger partial charge is 0.465 e. The minimum absolute atomic E-state index is 0.0189. The maximum atomic E-state index is 11.6. The molecule has 0 bridgehead atoms. The van der Waals surface area contributed by atoms with Crippen LogP contribution in [0.3, 0.4) is 0 Å². The third-order valence-electron chi connectivity index (χ3n) is 3.43. The molecule has 0 amide bonds. The van der Waals surface area contributed by atoms with E-state index >= 15 is 0 Å². The van der Waals surface area contributed by atoms with Crippen molar-refractivity contribution in [1.29, 1.82) is 0 Å². The second kappa shape index (κ2) is 8.34. The van der Waals surface area contributed by atoms with Gasteiger partial charge in [-0.1, -0.05) is 12.1 Å². The number of esters is 2. The molecular formula is C17H20O5. The molecule has 0 N–H and O–H groups in total. The van der Waals surface area contributed by atoms with E-state index in [1.807, 2.05) is 0 Å². The topological polar surface area (TPSA) is 61.8 Å². The van der Waals surface area contributed by atoms with E-state index in [2.05, 4.69) is 4.74 Å². The lowest BCUT2D eigenvalue weighted by Gasteiger charge is -2.21. The first kappa shape index (κ1) is 16.2. The van der Waals surface area contributed by atoms with Gasteiger partial charge in [0.25, 0.3) is 0 Å². The molecule has 1 aromatic carbocycles. The van der Waals surface area contributed by atoms with Crippen LogP contribution in [0, 0.1) is 0 Å². The van der Waals surface area contributed by atoms with Crippen LogP contribution in [0.25, 0.3) is 6.08 Å². The Hall–Kier alpha value is -2.14. The Bertz CT molecular complexity index is 526. The van der Waals surface area contributed by atoms with Crippen molar-refractivity contribution in [2.45, 2.75) is 25.4 Å². The highest BCUT2D eigenvalue weighted by atomic mass is 16.6. The maximum Gasteiger partial charge on any atom is 0.337 e. The molecule has 1 saturated heterocycles. The lowest BCUT2D eigenvalue weighted by atomic mass is 10.1. The minimum Gasteiger partial charge on any atom is -0.465 e. The number of hydrogen-bond donors (Lipinski definition) is 0. The van der Waals surface area contributed by atoms with Gasteiger partial charge in [-0.15, -0.1) is 0 Å². The molecule has 0 spiro atoms. The van der Waals surface area contributed by atoms with E-state index in [9.17, 15) is 9.59 Å². The monoisotopic (exact) mass is 304 g/mol. The minimum atomic E-state index is -0.397. The fraction of sp³-hybridized carbons (Fsp3) is 0.412. The van der Waals surface area contributed by atoms with Crippen LogP contribution in [0.5, 0.6) is 0 Å². The average Bonchev–Trinajstić information content (AvgIpc) is 2.58. The Labute approximate surface area is 129 Å². The maximum absolute atomic E-state index is 11.6. The zero-order chi connectivity index (χ0) is 15.8. The predicted molar refractivity (Wildman–Crippen MR) is 81.4 cm³/mol. The normalized spacial score (nSPS) is 18.1. The Kier molecular flexibility index (Phi) is 6.15. The van der Waals surface area contributed by atoms with Crippen molar-refractivity contribution in [3.05, 3.63) is 41.5 Å². The molecule has 22 heavy (non-hydrogen) atoms. The molecule has 0 aliphatic carbocycles. The molecule has 1 aliphatic heterocycles. The van der Waals surface area contributed by atoms with Crippen LogP contribution in [0.15, 0.2) is 30.3 Å². The van der Waals surface area contributed by atoms with Crippen LogP contribution in [0.1, 0.15) is 35.2 Å². The van der Waals surface area contributed by atoms with Crippen molar-refractivity contribution >= 4 is 18.0 Å². The summed E-state index contributed by atoms with van der Waals surface area (Å²) in [7, 11) is 1.34. The summed E-state index contributed by atoms with van der Waals surface area (Å²) in [4.78, 5) is 22.9. The van der Waals surface area contributed by atoms with E-state index < -0.39 is 5.97 Å². The van der Waals surface area contributed by atoms with Gasteiger partial charge in [0.15, 0.2) is 0 Å². The summed E-state index contributed by atoms with van der Waals surface area (Å²) in [5.74, 6) is -0.784. The summed E-state index contributed by atoms with van der Waals surface area (Å²) in [5, 5.41) is 0. The fourth-order valence-corrected chi connectivity index (χ4v) is 2.17. The van der Waals surface area contributed by atoms with Gasteiger partial charge in [0, 0.05) is 12.7 Å². The average molecular weight is 304 g/mol. The Morgan fingerprint density at radius 3 is 2.68 bits per heavy atom. The van der Waals surface area contributed by atoms with Gasteiger partial charge in [-0.25, -0.2) is 9.59 Å². The van der Waals surface area contributed by atoms with Gasteiger partial charge in [0.05, 0.1) is 18.8 Å². The van der Waals surface area contributed by atoms with Crippen molar-refractivity contribution in [3.63, 3.8) is 0 Å². The van der Waals surface area contributed by atoms with E-state index in [1.54, 1.807) is 30.3 Å². The molecule has 1 heterocycles. The highest BCUT2D eigenvalue weighted by molar-refractivity contribution is 5.90. The van der Waals surface area contributed by atoms with E-state index in [4.69, 9.17) is 9.47 Å². The summed E-state index contributed by atoms with van der Waals surface area (Å²) in [5.41, 5.74) is 1.27. The second-order valence-corrected chi connectivity index (χ2v) is 5.07. The molecule has 0 radical (unpaired) electrons. The molecule has 1 aromatic rings. The first-order valence-corrected chi connectivity index (χ1v) is 7.34. The summed E-state index contributed by atoms with van der Waals surface area (Å²) < 4.78 is 15.3. The standard InChI is InChI=1S/C17H20O5/c1-20-17(19)14-8-5-13(6-9-14)7-10-16(18)22-12-15-4-2-3-11-21-15/h5-10,15H,2-4,11-12H2,1H3/b10-7+. The van der Waals surface area contributed by atoms with Crippen molar-refractivity contribution in [3.8, 4) is 0 Å². The van der Waals surface area contributed by atoms with Gasteiger partial charge in [-0.2, -0.15) is 0 Å². The number of ether oxygens (including phenoxy) is 3. The smallest absolute Gasteiger partial charge is 0.337 e. The quantitative estimate of drug-likeness (QED) is 0.618. The number of hydrogen-bond acceptors (Lipinski definition) is 5. The second-order valence-electron chi connectivity index (χ2n) is 5.07. The van der Waals surface area contributed by atoms with Crippen molar-refractivity contribution in [2.75, 3.05) is 20.3 Å². The van der Waals surface area contributed by atoms with Gasteiger partial charge >= 0.3 is 11.9 Å². The van der Waals surface area contributed by atoms with Crippen LogP contribution in [0.2, 0.25) is 0 Å². The summed E-state index contributed by atoms with van der Waals surface area (Å²) >= 11 is 0. The lowest BCUT2D eigenvalue weighted by Crippen LogP contribution is -2.25. The van der Waals surface area contributed by atoms with Crippen LogP contribution >= 0.6 is 0 Å². The van der Waals surface area contributed by atoms with Crippen LogP contribution in [-0.4, -0.2) is 38.4 Å². The van der Waals surface area contributed by atoms with Gasteiger partial charge < -0.3 is 14.2 Å². The number of rotatable bonds is 5. The van der Waals surface area contributed by atoms with Gasteiger partial charge in [-0.3, -0.25) is 0 Å². The van der Waals surface area contributed by atoms with E-state index in [1.165, 1.54) is 13.2 Å². The van der Waals surface area contributed by atoms with Crippen molar-refractivity contribution in [1.82, 2.24) is 0 Å². The molecule has 0 aromatic heterocycles. The lowest BCUT2D eigenvalue weighted by molar-refractivity contribution is -0.143. The van der Waals surface area contributed by atoms with E-state index in [0.29, 0.717) is 12.2 Å². The zero-order valence-electron chi connectivity index (χ0n) is 12.6. The fourth-order valence-electron chi connectivity index (χ4n) is 2.17. The summed E-state index contributed by atoms with van der Waals surface area (Å²) in [6.45, 7) is 1.04. The zero-order valence-corrected chi connectivity index (χ0v) is 12.6. The SMILES string of the molecule is COC(=O)c1ccc(/C=C/C(=O)OCC2CCCCO2)cc1. The Morgan fingerprint density at radius 2 is 2.05 bits per heavy atom. The number of carbonyl (C=O) groups excluding carboxylic acids is 2. The molecule has 5 nitrogen and oxygen atoms in total. The number of benzene rings is 1.